The number of fused-ring (bicyclic) bond motifs is 1. The van der Waals surface area contributed by atoms with Gasteiger partial charge in [0.25, 0.3) is 6.47 Å². The first-order valence-electron chi connectivity index (χ1n) is 10.6. The molecule has 2 aromatic heterocycles. The fourth-order valence-corrected chi connectivity index (χ4v) is 3.86. The summed E-state index contributed by atoms with van der Waals surface area (Å²) < 4.78 is 71.0. The van der Waals surface area contributed by atoms with Crippen LogP contribution in [0.1, 0.15) is 25.3 Å². The molecule has 0 unspecified atom stereocenters. The minimum atomic E-state index is -4.71. The summed E-state index contributed by atoms with van der Waals surface area (Å²) in [4.78, 5) is 14.8. The minimum Gasteiger partial charge on any atom is -0.483 e. The third-order valence-corrected chi connectivity index (χ3v) is 5.42. The Morgan fingerprint density at radius 2 is 2.06 bits per heavy atom. The highest BCUT2D eigenvalue weighted by Gasteiger charge is 2.32. The Labute approximate surface area is 196 Å². The molecule has 1 aliphatic heterocycles. The highest BCUT2D eigenvalue weighted by Crippen LogP contribution is 2.38. The van der Waals surface area contributed by atoms with E-state index in [1.807, 2.05) is 0 Å². The molecule has 1 atom stereocenters. The Morgan fingerprint density at radius 1 is 1.31 bits per heavy atom. The van der Waals surface area contributed by atoms with Gasteiger partial charge in [0.15, 0.2) is 0 Å². The number of nitrogens with one attached hydrogen (secondary N) is 1. The smallest absolute Gasteiger partial charge is 0.416 e. The maximum atomic E-state index is 13.1. The second kappa shape index (κ2) is 11.3. The van der Waals surface area contributed by atoms with Gasteiger partial charge in [0.1, 0.15) is 17.8 Å². The lowest BCUT2D eigenvalue weighted by molar-refractivity contribution is -0.138. The van der Waals surface area contributed by atoms with Gasteiger partial charge in [0.05, 0.1) is 17.3 Å². The number of halogens is 5. The molecule has 14 heteroatoms. The molecule has 0 amide bonds. The van der Waals surface area contributed by atoms with Gasteiger partial charge in [-0.2, -0.15) is 22.0 Å². The van der Waals surface area contributed by atoms with Gasteiger partial charge >= 0.3 is 12.8 Å². The Balaban J connectivity index is 0.00000108. The van der Waals surface area contributed by atoms with E-state index in [0.29, 0.717) is 17.5 Å². The van der Waals surface area contributed by atoms with Crippen molar-refractivity contribution in [1.82, 2.24) is 24.5 Å². The van der Waals surface area contributed by atoms with E-state index in [2.05, 4.69) is 37.1 Å². The van der Waals surface area contributed by atoms with Crippen molar-refractivity contribution in [3.05, 3.63) is 36.3 Å². The third-order valence-electron chi connectivity index (χ3n) is 5.42. The number of ether oxygens (including phenoxy) is 1. The number of benzene rings is 1. The number of rotatable bonds is 6. The van der Waals surface area contributed by atoms with Gasteiger partial charge in [0, 0.05) is 18.2 Å². The lowest BCUT2D eigenvalue weighted by atomic mass is 10.1. The molecule has 35 heavy (non-hydrogen) atoms. The summed E-state index contributed by atoms with van der Waals surface area (Å²) in [5, 5.41) is 18.5. The SMILES string of the molecule is CCN1CCC[C@@H](Nc2nnc(-c3ccc(C(F)(F)F)cc3OC(F)F)c3cncn23)C1.O=CO. The highest BCUT2D eigenvalue weighted by molar-refractivity contribution is 5.81. The van der Waals surface area contributed by atoms with Crippen molar-refractivity contribution in [3.63, 3.8) is 0 Å². The Kier molecular flexibility index (Phi) is 8.38. The van der Waals surface area contributed by atoms with E-state index in [4.69, 9.17) is 9.90 Å². The molecule has 1 saturated heterocycles. The summed E-state index contributed by atoms with van der Waals surface area (Å²) in [6, 6.07) is 2.50. The second-order valence-corrected chi connectivity index (χ2v) is 7.59. The quantitative estimate of drug-likeness (QED) is 0.385. The molecular weight excluding hydrogens is 479 g/mol. The first-order valence-corrected chi connectivity index (χ1v) is 10.6. The molecule has 1 aromatic carbocycles. The molecule has 0 aliphatic carbocycles. The van der Waals surface area contributed by atoms with Crippen molar-refractivity contribution >= 4 is 17.9 Å². The van der Waals surface area contributed by atoms with Gasteiger partial charge in [0.2, 0.25) is 5.95 Å². The van der Waals surface area contributed by atoms with E-state index in [0.717, 1.165) is 44.6 Å². The summed E-state index contributed by atoms with van der Waals surface area (Å²) in [5.74, 6) is -0.230. The van der Waals surface area contributed by atoms with Crippen molar-refractivity contribution in [2.24, 2.45) is 0 Å². The van der Waals surface area contributed by atoms with Crippen molar-refractivity contribution < 1.29 is 36.6 Å². The van der Waals surface area contributed by atoms with Gasteiger partial charge in [-0.05, 0) is 44.1 Å². The number of carbonyl (C=O) groups is 1. The first kappa shape index (κ1) is 26.1. The number of alkyl halides is 5. The summed E-state index contributed by atoms with van der Waals surface area (Å²) in [7, 11) is 0. The van der Waals surface area contributed by atoms with Crippen molar-refractivity contribution in [3.8, 4) is 17.0 Å². The van der Waals surface area contributed by atoms with Crippen LogP contribution in [0.5, 0.6) is 5.75 Å². The fraction of sp³-hybridized carbons (Fsp3) is 0.429. The van der Waals surface area contributed by atoms with Crippen molar-refractivity contribution in [2.75, 3.05) is 25.0 Å². The van der Waals surface area contributed by atoms with Crippen LogP contribution in [0, 0.1) is 0 Å². The standard InChI is InChI=1S/C20H21F5N6O.CH2O2/c1-2-30-7-3-4-13(10-30)27-19-29-28-17(15-9-26-11-31(15)19)14-6-5-12(20(23,24)25)8-16(14)32-18(21)22;2-1-3/h5-6,8-9,11,13,18H,2-4,7,10H2,1H3,(H,27,29);1H,(H,2,3)/t13-;/m1./s1. The van der Waals surface area contributed by atoms with Gasteiger partial charge < -0.3 is 20.1 Å². The zero-order valence-corrected chi connectivity index (χ0v) is 18.5. The molecule has 0 spiro atoms. The number of likely N-dealkylation sites (N-methyl/N-ethyl adjacent to an activating group) is 1. The van der Waals surface area contributed by atoms with Crippen LogP contribution < -0.4 is 10.1 Å². The molecule has 2 N–H and O–H groups in total. The van der Waals surface area contributed by atoms with Crippen LogP contribution in [0.2, 0.25) is 0 Å². The molecule has 190 valence electrons. The number of hydrogen-bond donors (Lipinski definition) is 2. The zero-order valence-electron chi connectivity index (χ0n) is 18.5. The molecule has 9 nitrogen and oxygen atoms in total. The number of anilines is 1. The van der Waals surface area contributed by atoms with E-state index < -0.39 is 24.1 Å². The summed E-state index contributed by atoms with van der Waals surface area (Å²) >= 11 is 0. The van der Waals surface area contributed by atoms with Gasteiger partial charge in [-0.15, -0.1) is 10.2 Å². The molecule has 1 fully saturated rings. The average Bonchev–Trinajstić information content (AvgIpc) is 3.30. The number of imidazole rings is 1. The van der Waals surface area contributed by atoms with Crippen LogP contribution in [0.4, 0.5) is 27.9 Å². The lowest BCUT2D eigenvalue weighted by Gasteiger charge is -2.32. The number of hydrogen-bond acceptors (Lipinski definition) is 7. The molecule has 0 radical (unpaired) electrons. The molecule has 4 rings (SSSR count). The largest absolute Gasteiger partial charge is 0.483 e. The van der Waals surface area contributed by atoms with E-state index in [1.54, 1.807) is 4.40 Å². The van der Waals surface area contributed by atoms with Crippen LogP contribution in [0.25, 0.3) is 16.8 Å². The molecule has 0 bridgehead atoms. The van der Waals surface area contributed by atoms with Crippen LogP contribution in [-0.2, 0) is 11.0 Å². The van der Waals surface area contributed by atoms with Crippen LogP contribution in [0.15, 0.2) is 30.7 Å². The van der Waals surface area contributed by atoms with Gasteiger partial charge in [-0.3, -0.25) is 9.20 Å². The summed E-state index contributed by atoms with van der Waals surface area (Å²) in [5.41, 5.74) is -0.677. The average molecular weight is 502 g/mol. The van der Waals surface area contributed by atoms with E-state index in [9.17, 15) is 22.0 Å². The summed E-state index contributed by atoms with van der Waals surface area (Å²) in [6.45, 7) is 1.33. The van der Waals surface area contributed by atoms with Crippen molar-refractivity contribution in [2.45, 2.75) is 38.6 Å². The maximum absolute atomic E-state index is 13.1. The van der Waals surface area contributed by atoms with Crippen LogP contribution in [-0.4, -0.2) is 68.3 Å². The Hall–Kier alpha value is -3.55. The normalized spacial score (nSPS) is 16.6. The number of nitrogens with zero attached hydrogens (tertiary/aromatic N) is 5. The Bertz CT molecular complexity index is 1140. The highest BCUT2D eigenvalue weighted by atomic mass is 19.4. The maximum Gasteiger partial charge on any atom is 0.416 e. The monoisotopic (exact) mass is 502 g/mol. The van der Waals surface area contributed by atoms with Crippen LogP contribution >= 0.6 is 0 Å². The number of likely N-dealkylation sites (tertiary alicyclic amines) is 1. The van der Waals surface area contributed by atoms with E-state index >= 15 is 0 Å². The predicted octanol–water partition coefficient (Wildman–Crippen LogP) is 4.01. The van der Waals surface area contributed by atoms with E-state index in [1.165, 1.54) is 12.5 Å². The predicted molar refractivity (Wildman–Crippen MR) is 115 cm³/mol. The molecule has 1 aliphatic rings. The molecular formula is C21H23F5N6O3. The lowest BCUT2D eigenvalue weighted by Crippen LogP contribution is -2.42. The van der Waals surface area contributed by atoms with Gasteiger partial charge in [-0.1, -0.05) is 6.92 Å². The minimum absolute atomic E-state index is 0.0438. The number of carboxylic acid groups (broad SMARTS) is 1. The second-order valence-electron chi connectivity index (χ2n) is 7.59. The number of aromatic nitrogens is 4. The van der Waals surface area contributed by atoms with E-state index in [-0.39, 0.29) is 23.8 Å². The Morgan fingerprint density at radius 3 is 2.71 bits per heavy atom. The molecule has 0 saturated carbocycles. The molecule has 3 aromatic rings. The topological polar surface area (TPSA) is 105 Å². The fourth-order valence-electron chi connectivity index (χ4n) is 3.86. The van der Waals surface area contributed by atoms with Crippen LogP contribution in [0.3, 0.4) is 0 Å². The first-order chi connectivity index (χ1) is 16.7. The van der Waals surface area contributed by atoms with Gasteiger partial charge in [-0.25, -0.2) is 4.98 Å². The van der Waals surface area contributed by atoms with Crippen molar-refractivity contribution in [1.29, 1.82) is 0 Å². The zero-order chi connectivity index (χ0) is 25.6. The number of piperidine rings is 1. The molecule has 3 heterocycles. The third kappa shape index (κ3) is 6.32. The summed E-state index contributed by atoms with van der Waals surface area (Å²) in [6.07, 6.45) is 0.189.